The van der Waals surface area contributed by atoms with Crippen molar-refractivity contribution in [3.63, 3.8) is 0 Å². The van der Waals surface area contributed by atoms with Gasteiger partial charge in [-0.15, -0.1) is 0 Å². The van der Waals surface area contributed by atoms with Crippen LogP contribution in [0.25, 0.3) is 11.4 Å². The molecule has 3 fully saturated rings. The Kier molecular flexibility index (Phi) is 6.42. The second kappa shape index (κ2) is 9.59. The molecule has 0 unspecified atom stereocenters. The summed E-state index contributed by atoms with van der Waals surface area (Å²) >= 11 is 0. The largest absolute Gasteiger partial charge is 0.353 e. The first-order valence-corrected chi connectivity index (χ1v) is 12.5. The third-order valence-electron chi connectivity index (χ3n) is 7.45. The van der Waals surface area contributed by atoms with E-state index in [1.165, 1.54) is 32.1 Å². The number of hydrogen-bond acceptors (Lipinski definition) is 6. The number of unbranched alkanes of at least 4 members (excludes halogenated alkanes) is 1. The fraction of sp³-hybridized carbons (Fsp3) is 0.680. The zero-order valence-corrected chi connectivity index (χ0v) is 19.2. The standard InChI is InChI=1S/C25H35N5O2/c1-2-3-4-18-5-7-20(8-6-18)25(31)30-15-13-29(14-16-30)22-12-11-21(17-26-22)23-27-24(32-28-23)19-9-10-19/h11-12,17-20H,2-10,13-16H2,1H3. The topological polar surface area (TPSA) is 75.4 Å². The van der Waals surface area contributed by atoms with E-state index in [9.17, 15) is 4.79 Å². The van der Waals surface area contributed by atoms with Gasteiger partial charge in [-0.05, 0) is 56.6 Å². The van der Waals surface area contributed by atoms with Crippen LogP contribution in [0.2, 0.25) is 0 Å². The molecule has 2 aliphatic carbocycles. The van der Waals surface area contributed by atoms with E-state index in [1.807, 2.05) is 18.3 Å². The van der Waals surface area contributed by atoms with E-state index in [1.54, 1.807) is 0 Å². The lowest BCUT2D eigenvalue weighted by atomic mass is 9.79. The van der Waals surface area contributed by atoms with Crippen LogP contribution in [0.4, 0.5) is 5.82 Å². The molecule has 0 spiro atoms. The number of amides is 1. The van der Waals surface area contributed by atoms with Gasteiger partial charge in [0.05, 0.1) is 0 Å². The van der Waals surface area contributed by atoms with Crippen molar-refractivity contribution in [3.05, 3.63) is 24.2 Å². The summed E-state index contributed by atoms with van der Waals surface area (Å²) in [6.07, 6.45) is 12.7. The van der Waals surface area contributed by atoms with Crippen LogP contribution in [0.1, 0.15) is 76.5 Å². The molecule has 0 aromatic carbocycles. The van der Waals surface area contributed by atoms with Gasteiger partial charge >= 0.3 is 0 Å². The van der Waals surface area contributed by atoms with E-state index in [-0.39, 0.29) is 5.92 Å². The molecule has 0 bridgehead atoms. The maximum absolute atomic E-state index is 13.0. The van der Waals surface area contributed by atoms with Crippen molar-refractivity contribution in [2.24, 2.45) is 11.8 Å². The third-order valence-corrected chi connectivity index (χ3v) is 7.45. The quantitative estimate of drug-likeness (QED) is 0.627. The van der Waals surface area contributed by atoms with Gasteiger partial charge in [-0.25, -0.2) is 4.98 Å². The molecular weight excluding hydrogens is 402 g/mol. The predicted molar refractivity (Wildman–Crippen MR) is 123 cm³/mol. The molecule has 1 saturated heterocycles. The van der Waals surface area contributed by atoms with Gasteiger partial charge in [-0.1, -0.05) is 31.3 Å². The fourth-order valence-electron chi connectivity index (χ4n) is 5.16. The molecule has 0 N–H and O–H groups in total. The van der Waals surface area contributed by atoms with Gasteiger partial charge < -0.3 is 14.3 Å². The highest BCUT2D eigenvalue weighted by Crippen LogP contribution is 2.39. The molecule has 0 atom stereocenters. The minimum absolute atomic E-state index is 0.243. The maximum Gasteiger partial charge on any atom is 0.230 e. The van der Waals surface area contributed by atoms with Crippen molar-refractivity contribution < 1.29 is 9.32 Å². The number of piperazine rings is 1. The maximum atomic E-state index is 13.0. The first kappa shape index (κ1) is 21.4. The monoisotopic (exact) mass is 437 g/mol. The molecule has 1 amide bonds. The molecule has 2 aromatic rings. The minimum Gasteiger partial charge on any atom is -0.353 e. The normalized spacial score (nSPS) is 24.0. The minimum atomic E-state index is 0.243. The number of rotatable bonds is 7. The Labute approximate surface area is 190 Å². The number of carbonyl (C=O) groups is 1. The van der Waals surface area contributed by atoms with Gasteiger partial charge in [0.15, 0.2) is 0 Å². The molecule has 32 heavy (non-hydrogen) atoms. The van der Waals surface area contributed by atoms with Crippen molar-refractivity contribution in [2.75, 3.05) is 31.1 Å². The average Bonchev–Trinajstić information content (AvgIpc) is 3.59. The van der Waals surface area contributed by atoms with Crippen LogP contribution in [0.5, 0.6) is 0 Å². The van der Waals surface area contributed by atoms with Gasteiger partial charge in [0, 0.05) is 49.8 Å². The number of hydrogen-bond donors (Lipinski definition) is 0. The van der Waals surface area contributed by atoms with Crippen LogP contribution < -0.4 is 4.90 Å². The number of pyridine rings is 1. The van der Waals surface area contributed by atoms with Crippen LogP contribution in [-0.2, 0) is 4.79 Å². The molecule has 0 radical (unpaired) electrons. The van der Waals surface area contributed by atoms with Crippen molar-refractivity contribution in [1.29, 1.82) is 0 Å². The molecule has 3 aliphatic rings. The number of anilines is 1. The highest BCUT2D eigenvalue weighted by Gasteiger charge is 2.32. The summed E-state index contributed by atoms with van der Waals surface area (Å²) in [6.45, 7) is 5.49. The van der Waals surface area contributed by atoms with Gasteiger partial charge in [0.1, 0.15) is 5.82 Å². The Morgan fingerprint density at radius 2 is 1.84 bits per heavy atom. The van der Waals surface area contributed by atoms with Crippen LogP contribution in [0.3, 0.4) is 0 Å². The van der Waals surface area contributed by atoms with E-state index < -0.39 is 0 Å². The number of aromatic nitrogens is 3. The van der Waals surface area contributed by atoms with Crippen LogP contribution in [0, 0.1) is 11.8 Å². The molecule has 5 rings (SSSR count). The molecular formula is C25H35N5O2. The van der Waals surface area contributed by atoms with Crippen molar-refractivity contribution in [2.45, 2.75) is 70.6 Å². The molecule has 2 saturated carbocycles. The lowest BCUT2D eigenvalue weighted by Gasteiger charge is -2.38. The highest BCUT2D eigenvalue weighted by atomic mass is 16.5. The van der Waals surface area contributed by atoms with Gasteiger partial charge in [-0.3, -0.25) is 4.79 Å². The van der Waals surface area contributed by atoms with Gasteiger partial charge in [-0.2, -0.15) is 4.98 Å². The Hall–Kier alpha value is -2.44. The van der Waals surface area contributed by atoms with E-state index in [4.69, 9.17) is 4.52 Å². The molecule has 3 heterocycles. The zero-order valence-electron chi connectivity index (χ0n) is 19.2. The summed E-state index contributed by atoms with van der Waals surface area (Å²) in [6, 6.07) is 4.04. The van der Waals surface area contributed by atoms with E-state index in [0.717, 1.165) is 75.1 Å². The van der Waals surface area contributed by atoms with E-state index in [2.05, 4.69) is 31.8 Å². The lowest BCUT2D eigenvalue weighted by Crippen LogP contribution is -2.51. The Balaban J connectivity index is 1.11. The van der Waals surface area contributed by atoms with Crippen molar-refractivity contribution in [1.82, 2.24) is 20.0 Å². The zero-order chi connectivity index (χ0) is 21.9. The first-order chi connectivity index (χ1) is 15.7. The van der Waals surface area contributed by atoms with Crippen LogP contribution in [0.15, 0.2) is 22.9 Å². The molecule has 2 aromatic heterocycles. The summed E-state index contributed by atoms with van der Waals surface area (Å²) < 4.78 is 5.36. The van der Waals surface area contributed by atoms with E-state index in [0.29, 0.717) is 17.6 Å². The molecule has 7 heteroatoms. The van der Waals surface area contributed by atoms with Crippen molar-refractivity contribution >= 4 is 11.7 Å². The second-order valence-electron chi connectivity index (χ2n) is 9.81. The summed E-state index contributed by atoms with van der Waals surface area (Å²) in [4.78, 5) is 26.5. The van der Waals surface area contributed by atoms with Gasteiger partial charge in [0.25, 0.3) is 0 Å². The highest BCUT2D eigenvalue weighted by molar-refractivity contribution is 5.79. The van der Waals surface area contributed by atoms with Crippen LogP contribution in [-0.4, -0.2) is 52.1 Å². The smallest absolute Gasteiger partial charge is 0.230 e. The lowest BCUT2D eigenvalue weighted by molar-refractivity contribution is -0.137. The Morgan fingerprint density at radius 3 is 2.50 bits per heavy atom. The summed E-state index contributed by atoms with van der Waals surface area (Å²) in [7, 11) is 0. The fourth-order valence-corrected chi connectivity index (χ4v) is 5.16. The van der Waals surface area contributed by atoms with Crippen molar-refractivity contribution in [3.8, 4) is 11.4 Å². The SMILES string of the molecule is CCCCC1CCC(C(=O)N2CCN(c3ccc(-c4noc(C5CC5)n4)cn3)CC2)CC1. The summed E-state index contributed by atoms with van der Waals surface area (Å²) in [5.74, 6) is 4.24. The second-order valence-corrected chi connectivity index (χ2v) is 9.81. The van der Waals surface area contributed by atoms with Gasteiger partial charge in [0.2, 0.25) is 17.6 Å². The average molecular weight is 438 g/mol. The number of nitrogens with zero attached hydrogens (tertiary/aromatic N) is 5. The first-order valence-electron chi connectivity index (χ1n) is 12.5. The predicted octanol–water partition coefficient (Wildman–Crippen LogP) is 4.65. The molecule has 172 valence electrons. The Morgan fingerprint density at radius 1 is 1.06 bits per heavy atom. The van der Waals surface area contributed by atoms with Crippen LogP contribution >= 0.6 is 0 Å². The summed E-state index contributed by atoms with van der Waals surface area (Å²) in [5.41, 5.74) is 0.882. The molecule has 1 aliphatic heterocycles. The third kappa shape index (κ3) is 4.81. The number of carbonyl (C=O) groups excluding carboxylic acids is 1. The van der Waals surface area contributed by atoms with E-state index >= 15 is 0 Å². The summed E-state index contributed by atoms with van der Waals surface area (Å²) in [5, 5.41) is 4.10. The molecule has 7 nitrogen and oxygen atoms in total. The Bertz CT molecular complexity index is 891.